The first kappa shape index (κ1) is 15.5. The monoisotopic (exact) mass is 303 g/mol. The summed E-state index contributed by atoms with van der Waals surface area (Å²) in [7, 11) is 0. The fourth-order valence-corrected chi connectivity index (χ4v) is 2.68. The van der Waals surface area contributed by atoms with Crippen LogP contribution in [0.25, 0.3) is 0 Å². The van der Waals surface area contributed by atoms with Gasteiger partial charge >= 0.3 is 0 Å². The summed E-state index contributed by atoms with van der Waals surface area (Å²) in [6, 6.07) is 10.5. The number of nitro groups is 1. The second kappa shape index (κ2) is 7.75. The van der Waals surface area contributed by atoms with Crippen molar-refractivity contribution in [3.8, 4) is 0 Å². The number of nitrogens with one attached hydrogen (secondary N) is 1. The molecule has 1 aromatic heterocycles. The first-order valence-electron chi connectivity index (χ1n) is 6.77. The number of benzene rings is 1. The van der Waals surface area contributed by atoms with Gasteiger partial charge in [0.05, 0.1) is 4.92 Å². The summed E-state index contributed by atoms with van der Waals surface area (Å²) in [5, 5.41) is 14.9. The standard InChI is InChI=1S/C15H17N3O2S/c1-2-9-16-11-12-4-3-10-17-15(12)21-14-7-5-13(6-8-14)18(19)20/h3-8,10,16H,2,9,11H2,1H3. The van der Waals surface area contributed by atoms with Crippen LogP contribution in [0.5, 0.6) is 0 Å². The van der Waals surface area contributed by atoms with Gasteiger partial charge in [-0.25, -0.2) is 4.98 Å². The molecule has 0 aliphatic carbocycles. The lowest BCUT2D eigenvalue weighted by atomic mass is 10.3. The Morgan fingerprint density at radius 2 is 2.05 bits per heavy atom. The summed E-state index contributed by atoms with van der Waals surface area (Å²) < 4.78 is 0. The smallest absolute Gasteiger partial charge is 0.269 e. The summed E-state index contributed by atoms with van der Waals surface area (Å²) in [6.07, 6.45) is 2.85. The minimum atomic E-state index is -0.394. The summed E-state index contributed by atoms with van der Waals surface area (Å²) in [6.45, 7) is 3.87. The number of aromatic nitrogens is 1. The molecule has 0 aliphatic rings. The third-order valence-corrected chi connectivity index (χ3v) is 3.92. The maximum atomic E-state index is 10.6. The SMILES string of the molecule is CCCNCc1cccnc1Sc1ccc([N+](=O)[O-])cc1. The lowest BCUT2D eigenvalue weighted by Crippen LogP contribution is -2.14. The van der Waals surface area contributed by atoms with Crippen molar-refractivity contribution in [3.63, 3.8) is 0 Å². The van der Waals surface area contributed by atoms with E-state index in [2.05, 4.69) is 17.2 Å². The van der Waals surface area contributed by atoms with Crippen LogP contribution in [0.4, 0.5) is 5.69 Å². The summed E-state index contributed by atoms with van der Waals surface area (Å²) in [4.78, 5) is 15.6. The van der Waals surface area contributed by atoms with Crippen molar-refractivity contribution < 1.29 is 4.92 Å². The molecule has 0 spiro atoms. The van der Waals surface area contributed by atoms with Crippen molar-refractivity contribution in [1.29, 1.82) is 0 Å². The average Bonchev–Trinajstić information content (AvgIpc) is 2.50. The molecule has 0 aliphatic heterocycles. The van der Waals surface area contributed by atoms with E-state index < -0.39 is 4.92 Å². The summed E-state index contributed by atoms with van der Waals surface area (Å²) in [5.41, 5.74) is 1.24. The third-order valence-electron chi connectivity index (χ3n) is 2.85. The molecule has 6 heteroatoms. The lowest BCUT2D eigenvalue weighted by molar-refractivity contribution is -0.384. The summed E-state index contributed by atoms with van der Waals surface area (Å²) in [5.74, 6) is 0. The van der Waals surface area contributed by atoms with Crippen LogP contribution in [0.3, 0.4) is 0 Å². The summed E-state index contributed by atoms with van der Waals surface area (Å²) >= 11 is 1.52. The number of nitro benzene ring substituents is 1. The maximum absolute atomic E-state index is 10.6. The van der Waals surface area contributed by atoms with Crippen LogP contribution < -0.4 is 5.32 Å². The van der Waals surface area contributed by atoms with Crippen LogP contribution in [0.2, 0.25) is 0 Å². The van der Waals surface area contributed by atoms with E-state index >= 15 is 0 Å². The molecule has 1 heterocycles. The van der Waals surface area contributed by atoms with Gasteiger partial charge in [0.25, 0.3) is 5.69 Å². The van der Waals surface area contributed by atoms with E-state index in [1.807, 2.05) is 12.1 Å². The van der Waals surface area contributed by atoms with Gasteiger partial charge in [-0.1, -0.05) is 24.8 Å². The molecule has 0 radical (unpaired) electrons. The van der Waals surface area contributed by atoms with E-state index in [1.165, 1.54) is 23.9 Å². The Kier molecular flexibility index (Phi) is 5.71. The normalized spacial score (nSPS) is 10.5. The Morgan fingerprint density at radius 1 is 1.29 bits per heavy atom. The van der Waals surface area contributed by atoms with Crippen molar-refractivity contribution >= 4 is 17.4 Å². The van der Waals surface area contributed by atoms with Gasteiger partial charge < -0.3 is 5.32 Å². The molecule has 0 fully saturated rings. The highest BCUT2D eigenvalue weighted by molar-refractivity contribution is 7.99. The Bertz CT molecular complexity index is 602. The van der Waals surface area contributed by atoms with Crippen LogP contribution in [-0.4, -0.2) is 16.5 Å². The van der Waals surface area contributed by atoms with Crippen LogP contribution >= 0.6 is 11.8 Å². The largest absolute Gasteiger partial charge is 0.313 e. The predicted octanol–water partition coefficient (Wildman–Crippen LogP) is 3.64. The first-order chi connectivity index (χ1) is 10.2. The van der Waals surface area contributed by atoms with Crippen molar-refractivity contribution in [2.75, 3.05) is 6.54 Å². The average molecular weight is 303 g/mol. The van der Waals surface area contributed by atoms with Crippen molar-refractivity contribution in [2.24, 2.45) is 0 Å². The number of pyridine rings is 1. The Morgan fingerprint density at radius 3 is 2.71 bits per heavy atom. The van der Waals surface area contributed by atoms with Crippen molar-refractivity contribution in [2.45, 2.75) is 29.8 Å². The lowest BCUT2D eigenvalue weighted by Gasteiger charge is -2.08. The molecule has 2 rings (SSSR count). The number of hydrogen-bond acceptors (Lipinski definition) is 5. The van der Waals surface area contributed by atoms with Crippen molar-refractivity contribution in [1.82, 2.24) is 10.3 Å². The fourth-order valence-electron chi connectivity index (χ4n) is 1.80. The van der Waals surface area contributed by atoms with E-state index in [0.717, 1.165) is 35.0 Å². The highest BCUT2D eigenvalue weighted by Gasteiger charge is 2.08. The predicted molar refractivity (Wildman–Crippen MR) is 83.5 cm³/mol. The molecule has 0 amide bonds. The Labute approximate surface area is 127 Å². The molecule has 0 atom stereocenters. The molecule has 0 bridgehead atoms. The van der Waals surface area contributed by atoms with E-state index in [9.17, 15) is 10.1 Å². The minimum Gasteiger partial charge on any atom is -0.313 e. The molecule has 110 valence electrons. The number of hydrogen-bond donors (Lipinski definition) is 1. The van der Waals surface area contributed by atoms with Gasteiger partial charge in [0.2, 0.25) is 0 Å². The van der Waals surface area contributed by atoms with Crippen LogP contribution in [-0.2, 0) is 6.54 Å². The van der Waals surface area contributed by atoms with Gasteiger partial charge in [0.15, 0.2) is 0 Å². The maximum Gasteiger partial charge on any atom is 0.269 e. The fraction of sp³-hybridized carbons (Fsp3) is 0.267. The van der Waals surface area contributed by atoms with Crippen LogP contribution in [0.1, 0.15) is 18.9 Å². The van der Waals surface area contributed by atoms with E-state index in [1.54, 1.807) is 18.3 Å². The van der Waals surface area contributed by atoms with E-state index in [4.69, 9.17) is 0 Å². The third kappa shape index (κ3) is 4.54. The second-order valence-electron chi connectivity index (χ2n) is 4.50. The Balaban J connectivity index is 2.09. The van der Waals surface area contributed by atoms with Crippen LogP contribution in [0, 0.1) is 10.1 Å². The minimum absolute atomic E-state index is 0.102. The van der Waals surface area contributed by atoms with Gasteiger partial charge in [-0.3, -0.25) is 10.1 Å². The molecule has 0 unspecified atom stereocenters. The molecular weight excluding hydrogens is 286 g/mol. The van der Waals surface area contributed by atoms with Gasteiger partial charge in [0, 0.05) is 29.8 Å². The number of nitrogens with zero attached hydrogens (tertiary/aromatic N) is 2. The van der Waals surface area contributed by atoms with Gasteiger partial charge in [-0.15, -0.1) is 0 Å². The zero-order chi connectivity index (χ0) is 15.1. The highest BCUT2D eigenvalue weighted by atomic mass is 32.2. The highest BCUT2D eigenvalue weighted by Crippen LogP contribution is 2.29. The number of non-ortho nitro benzene ring substituents is 1. The molecule has 1 aromatic carbocycles. The van der Waals surface area contributed by atoms with Crippen molar-refractivity contribution in [3.05, 3.63) is 58.3 Å². The molecule has 1 N–H and O–H groups in total. The molecule has 5 nitrogen and oxygen atoms in total. The molecule has 2 aromatic rings. The molecule has 0 saturated carbocycles. The zero-order valence-electron chi connectivity index (χ0n) is 11.8. The molecule has 21 heavy (non-hydrogen) atoms. The second-order valence-corrected chi connectivity index (χ2v) is 5.56. The van der Waals surface area contributed by atoms with E-state index in [-0.39, 0.29) is 5.69 Å². The number of rotatable bonds is 7. The van der Waals surface area contributed by atoms with Gasteiger partial charge in [-0.05, 0) is 36.7 Å². The zero-order valence-corrected chi connectivity index (χ0v) is 12.6. The van der Waals surface area contributed by atoms with Gasteiger partial charge in [0.1, 0.15) is 5.03 Å². The van der Waals surface area contributed by atoms with E-state index in [0.29, 0.717) is 0 Å². The topological polar surface area (TPSA) is 68.1 Å². The quantitative estimate of drug-likeness (QED) is 0.480. The van der Waals surface area contributed by atoms with Crippen LogP contribution in [0.15, 0.2) is 52.5 Å². The molecule has 0 saturated heterocycles. The first-order valence-corrected chi connectivity index (χ1v) is 7.59. The molecular formula is C15H17N3O2S. The Hall–Kier alpha value is -1.92. The van der Waals surface area contributed by atoms with Gasteiger partial charge in [-0.2, -0.15) is 0 Å².